The number of hydrogen-bond acceptors (Lipinski definition) is 4. The van der Waals surface area contributed by atoms with Crippen LogP contribution in [-0.4, -0.2) is 11.8 Å². The summed E-state index contributed by atoms with van der Waals surface area (Å²) in [5.74, 6) is -0.444. The topological polar surface area (TPSA) is 94.4 Å². The van der Waals surface area contributed by atoms with Crippen molar-refractivity contribution in [2.45, 2.75) is 13.8 Å². The lowest BCUT2D eigenvalue weighted by Crippen LogP contribution is -2.08. The van der Waals surface area contributed by atoms with E-state index in [-0.39, 0.29) is 11.8 Å². The molecular weight excluding hydrogens is 208 g/mol. The van der Waals surface area contributed by atoms with E-state index in [9.17, 15) is 9.59 Å². The Labute approximate surface area is 92.6 Å². The largest absolute Gasteiger partial charge is 0.326 e. The van der Waals surface area contributed by atoms with Crippen molar-refractivity contribution < 1.29 is 9.59 Å². The molecule has 0 aliphatic heterocycles. The predicted molar refractivity (Wildman–Crippen MR) is 59.9 cm³/mol. The molecule has 0 aliphatic carbocycles. The first-order valence-corrected chi connectivity index (χ1v) is 4.59. The second kappa shape index (κ2) is 5.01. The van der Waals surface area contributed by atoms with E-state index < -0.39 is 0 Å². The average Bonchev–Trinajstić information content (AvgIpc) is 2.18. The van der Waals surface area contributed by atoms with Crippen LogP contribution in [0.2, 0.25) is 0 Å². The zero-order chi connectivity index (χ0) is 12.1. The molecule has 0 bridgehead atoms. The minimum absolute atomic E-state index is 0.205. The lowest BCUT2D eigenvalue weighted by molar-refractivity contribution is -0.115. The van der Waals surface area contributed by atoms with E-state index in [1.54, 1.807) is 12.1 Å². The Morgan fingerprint density at radius 2 is 1.81 bits per heavy atom. The molecule has 0 heterocycles. The molecule has 6 nitrogen and oxygen atoms in total. The number of benzene rings is 1. The fourth-order valence-electron chi connectivity index (χ4n) is 1.20. The van der Waals surface area contributed by atoms with Gasteiger partial charge < -0.3 is 10.6 Å². The fourth-order valence-corrected chi connectivity index (χ4v) is 1.20. The minimum atomic E-state index is -0.239. The van der Waals surface area contributed by atoms with Crippen LogP contribution >= 0.6 is 0 Å². The summed E-state index contributed by atoms with van der Waals surface area (Å²) in [5, 5.41) is 8.38. The third-order valence-corrected chi connectivity index (χ3v) is 1.75. The Morgan fingerprint density at radius 3 is 2.31 bits per heavy atom. The average molecular weight is 220 g/mol. The summed E-state index contributed by atoms with van der Waals surface area (Å²) in [6.07, 6.45) is 0. The van der Waals surface area contributed by atoms with Crippen molar-refractivity contribution in [1.29, 1.82) is 5.53 Å². The molecule has 1 rings (SSSR count). The molecule has 1 aromatic rings. The second-order valence-corrected chi connectivity index (χ2v) is 3.21. The number of amides is 2. The Kier molecular flexibility index (Phi) is 3.71. The molecule has 0 radical (unpaired) electrons. The van der Waals surface area contributed by atoms with Gasteiger partial charge in [0.1, 0.15) is 5.69 Å². The zero-order valence-electron chi connectivity index (χ0n) is 9.00. The molecule has 0 saturated carbocycles. The Balaban J connectivity index is 3.01. The van der Waals surface area contributed by atoms with Gasteiger partial charge in [0.05, 0.1) is 5.69 Å². The molecule has 16 heavy (non-hydrogen) atoms. The first-order chi connectivity index (χ1) is 7.52. The Bertz CT molecular complexity index is 442. The molecule has 0 aliphatic rings. The Hall–Kier alpha value is -2.24. The standard InChI is InChI=1S/C10H12N4O2/c1-6(15)12-8-3-4-9(13-7(2)16)10(5-8)14-11/h3-5,11H,1-2H3,(H,12,15)(H,13,16). The van der Waals surface area contributed by atoms with Crippen LogP contribution in [0.5, 0.6) is 0 Å². The van der Waals surface area contributed by atoms with Crippen LogP contribution in [0.3, 0.4) is 0 Å². The van der Waals surface area contributed by atoms with E-state index in [1.165, 1.54) is 19.9 Å². The van der Waals surface area contributed by atoms with Gasteiger partial charge >= 0.3 is 0 Å². The monoisotopic (exact) mass is 220 g/mol. The van der Waals surface area contributed by atoms with Gasteiger partial charge in [-0.15, -0.1) is 0 Å². The smallest absolute Gasteiger partial charge is 0.221 e. The molecule has 0 unspecified atom stereocenters. The van der Waals surface area contributed by atoms with Crippen LogP contribution < -0.4 is 10.6 Å². The van der Waals surface area contributed by atoms with Crippen LogP contribution in [-0.2, 0) is 9.59 Å². The first-order valence-electron chi connectivity index (χ1n) is 4.59. The molecule has 0 spiro atoms. The molecule has 1 aromatic carbocycles. The molecular formula is C10H12N4O2. The summed E-state index contributed by atoms with van der Waals surface area (Å²) < 4.78 is 0. The van der Waals surface area contributed by atoms with Gasteiger partial charge in [-0.2, -0.15) is 5.11 Å². The third-order valence-electron chi connectivity index (χ3n) is 1.75. The fraction of sp³-hybridized carbons (Fsp3) is 0.200. The number of rotatable bonds is 3. The zero-order valence-corrected chi connectivity index (χ0v) is 9.00. The van der Waals surface area contributed by atoms with Gasteiger partial charge in [0.15, 0.2) is 0 Å². The van der Waals surface area contributed by atoms with E-state index in [0.717, 1.165) is 0 Å². The van der Waals surface area contributed by atoms with Crippen molar-refractivity contribution >= 4 is 28.9 Å². The molecule has 3 N–H and O–H groups in total. The van der Waals surface area contributed by atoms with Crippen molar-refractivity contribution in [2.75, 3.05) is 10.6 Å². The van der Waals surface area contributed by atoms with Gasteiger partial charge in [-0.05, 0) is 18.2 Å². The van der Waals surface area contributed by atoms with Gasteiger partial charge in [-0.3, -0.25) is 9.59 Å². The van der Waals surface area contributed by atoms with Crippen LogP contribution in [0.25, 0.3) is 0 Å². The molecule has 2 amide bonds. The minimum Gasteiger partial charge on any atom is -0.326 e. The summed E-state index contributed by atoms with van der Waals surface area (Å²) >= 11 is 0. The van der Waals surface area contributed by atoms with Crippen molar-refractivity contribution in [1.82, 2.24) is 0 Å². The number of hydrogen-bond donors (Lipinski definition) is 3. The maximum absolute atomic E-state index is 10.9. The highest BCUT2D eigenvalue weighted by Gasteiger charge is 2.05. The van der Waals surface area contributed by atoms with E-state index in [4.69, 9.17) is 5.53 Å². The molecule has 0 fully saturated rings. The van der Waals surface area contributed by atoms with Gasteiger partial charge in [-0.25, -0.2) is 5.53 Å². The molecule has 0 saturated heterocycles. The van der Waals surface area contributed by atoms with Crippen LogP contribution in [0.15, 0.2) is 23.3 Å². The highest BCUT2D eigenvalue weighted by atomic mass is 16.2. The molecule has 0 aromatic heterocycles. The highest BCUT2D eigenvalue weighted by molar-refractivity contribution is 5.94. The van der Waals surface area contributed by atoms with Crippen molar-refractivity contribution in [3.63, 3.8) is 0 Å². The molecule has 6 heteroatoms. The van der Waals surface area contributed by atoms with Crippen LogP contribution in [0, 0.1) is 5.53 Å². The maximum atomic E-state index is 10.9. The SMILES string of the molecule is CC(=O)Nc1ccc(NC(C)=O)c(N=N)c1. The lowest BCUT2D eigenvalue weighted by atomic mass is 10.2. The summed E-state index contributed by atoms with van der Waals surface area (Å²) in [7, 11) is 0. The Morgan fingerprint density at radius 1 is 1.19 bits per heavy atom. The number of anilines is 2. The third kappa shape index (κ3) is 3.16. The summed E-state index contributed by atoms with van der Waals surface area (Å²) in [6, 6.07) is 4.72. The summed E-state index contributed by atoms with van der Waals surface area (Å²) in [5.41, 5.74) is 8.24. The van der Waals surface area contributed by atoms with E-state index >= 15 is 0 Å². The number of nitrogens with zero attached hydrogens (tertiary/aromatic N) is 1. The first kappa shape index (κ1) is 11.8. The van der Waals surface area contributed by atoms with Crippen LogP contribution in [0.4, 0.5) is 17.1 Å². The number of nitrogens with one attached hydrogen (secondary N) is 3. The van der Waals surface area contributed by atoms with Crippen molar-refractivity contribution in [2.24, 2.45) is 5.11 Å². The van der Waals surface area contributed by atoms with Gasteiger partial charge in [-0.1, -0.05) is 0 Å². The van der Waals surface area contributed by atoms with E-state index in [1.807, 2.05) is 0 Å². The quantitative estimate of drug-likeness (QED) is 0.681. The second-order valence-electron chi connectivity index (χ2n) is 3.21. The normalized spacial score (nSPS) is 9.38. The van der Waals surface area contributed by atoms with Gasteiger partial charge in [0, 0.05) is 19.5 Å². The van der Waals surface area contributed by atoms with Gasteiger partial charge in [0.2, 0.25) is 11.8 Å². The molecule has 0 atom stereocenters. The van der Waals surface area contributed by atoms with Gasteiger partial charge in [0.25, 0.3) is 0 Å². The number of carbonyl (C=O) groups is 2. The summed E-state index contributed by atoms with van der Waals surface area (Å²) in [4.78, 5) is 21.7. The lowest BCUT2D eigenvalue weighted by Gasteiger charge is -2.07. The van der Waals surface area contributed by atoms with E-state index in [0.29, 0.717) is 17.1 Å². The van der Waals surface area contributed by atoms with E-state index in [2.05, 4.69) is 15.7 Å². The highest BCUT2D eigenvalue weighted by Crippen LogP contribution is 2.28. The van der Waals surface area contributed by atoms with Crippen molar-refractivity contribution in [3.05, 3.63) is 18.2 Å². The number of carbonyl (C=O) groups excluding carboxylic acids is 2. The predicted octanol–water partition coefficient (Wildman–Crippen LogP) is 2.27. The molecule has 84 valence electrons. The van der Waals surface area contributed by atoms with Crippen molar-refractivity contribution in [3.8, 4) is 0 Å². The summed E-state index contributed by atoms with van der Waals surface area (Å²) in [6.45, 7) is 2.76. The maximum Gasteiger partial charge on any atom is 0.221 e. The van der Waals surface area contributed by atoms with Crippen LogP contribution in [0.1, 0.15) is 13.8 Å².